The van der Waals surface area contributed by atoms with Gasteiger partial charge in [0.2, 0.25) is 0 Å². The summed E-state index contributed by atoms with van der Waals surface area (Å²) < 4.78 is 24.2. The van der Waals surface area contributed by atoms with Crippen LogP contribution < -0.4 is 0 Å². The van der Waals surface area contributed by atoms with Gasteiger partial charge in [-0.1, -0.05) is 30.5 Å². The Bertz CT molecular complexity index is 439. The van der Waals surface area contributed by atoms with Gasteiger partial charge in [0.15, 0.2) is 9.84 Å². The highest BCUT2D eigenvalue weighted by atomic mass is 32.2. The van der Waals surface area contributed by atoms with Crippen LogP contribution in [-0.4, -0.2) is 14.2 Å². The molecule has 0 radical (unpaired) electrons. The van der Waals surface area contributed by atoms with E-state index in [9.17, 15) is 8.42 Å². The van der Waals surface area contributed by atoms with Crippen molar-refractivity contribution in [2.24, 2.45) is 5.92 Å². The minimum atomic E-state index is -3.06. The standard InChI is InChI=1S/C13H18O2S/c1-11-6-8-13(9-7-11)16(14,15)10-12-4-2-3-5-12/h6-9,12H,2-5,10H2,1H3. The number of hydrogen-bond donors (Lipinski definition) is 0. The Kier molecular flexibility index (Phi) is 3.33. The molecule has 1 saturated carbocycles. The van der Waals surface area contributed by atoms with Crippen molar-refractivity contribution in [2.75, 3.05) is 5.75 Å². The highest BCUT2D eigenvalue weighted by molar-refractivity contribution is 7.91. The summed E-state index contributed by atoms with van der Waals surface area (Å²) in [6.07, 6.45) is 4.53. The second-order valence-electron chi connectivity index (χ2n) is 4.74. The first kappa shape index (κ1) is 11.6. The molecule has 1 fully saturated rings. The zero-order valence-electron chi connectivity index (χ0n) is 9.65. The smallest absolute Gasteiger partial charge is 0.178 e. The number of aryl methyl sites for hydroxylation is 1. The molecular formula is C13H18O2S. The molecule has 3 heteroatoms. The van der Waals surface area contributed by atoms with Crippen LogP contribution in [0.5, 0.6) is 0 Å². The molecule has 0 N–H and O–H groups in total. The maximum atomic E-state index is 12.1. The Morgan fingerprint density at radius 1 is 1.12 bits per heavy atom. The quantitative estimate of drug-likeness (QED) is 0.811. The van der Waals surface area contributed by atoms with Gasteiger partial charge in [0.1, 0.15) is 0 Å². The maximum absolute atomic E-state index is 12.1. The van der Waals surface area contributed by atoms with Crippen molar-refractivity contribution >= 4 is 9.84 Å². The van der Waals surface area contributed by atoms with Gasteiger partial charge in [0.05, 0.1) is 10.6 Å². The molecule has 1 aromatic carbocycles. The Balaban J connectivity index is 2.14. The molecule has 0 unspecified atom stereocenters. The molecule has 0 spiro atoms. The van der Waals surface area contributed by atoms with Gasteiger partial charge in [0.25, 0.3) is 0 Å². The van der Waals surface area contributed by atoms with Crippen LogP contribution in [0.15, 0.2) is 29.2 Å². The molecule has 0 amide bonds. The van der Waals surface area contributed by atoms with Crippen molar-refractivity contribution in [1.82, 2.24) is 0 Å². The zero-order chi connectivity index (χ0) is 11.6. The molecule has 0 aliphatic heterocycles. The van der Waals surface area contributed by atoms with Crippen molar-refractivity contribution in [3.63, 3.8) is 0 Å². The van der Waals surface area contributed by atoms with Gasteiger partial charge in [-0.05, 0) is 37.8 Å². The lowest BCUT2D eigenvalue weighted by atomic mass is 10.1. The van der Waals surface area contributed by atoms with E-state index in [1.54, 1.807) is 12.1 Å². The van der Waals surface area contributed by atoms with Gasteiger partial charge >= 0.3 is 0 Å². The van der Waals surface area contributed by atoms with Crippen molar-refractivity contribution < 1.29 is 8.42 Å². The van der Waals surface area contributed by atoms with Crippen molar-refractivity contribution in [1.29, 1.82) is 0 Å². The number of benzene rings is 1. The molecule has 16 heavy (non-hydrogen) atoms. The summed E-state index contributed by atoms with van der Waals surface area (Å²) in [4.78, 5) is 0.477. The number of hydrogen-bond acceptors (Lipinski definition) is 2. The summed E-state index contributed by atoms with van der Waals surface area (Å²) in [5.74, 6) is 0.710. The van der Waals surface area contributed by atoms with Crippen LogP contribution in [0, 0.1) is 12.8 Å². The first-order chi connectivity index (χ1) is 7.58. The van der Waals surface area contributed by atoms with E-state index < -0.39 is 9.84 Å². The summed E-state index contributed by atoms with van der Waals surface area (Å²) in [5, 5.41) is 0. The van der Waals surface area contributed by atoms with Crippen molar-refractivity contribution in [2.45, 2.75) is 37.5 Å². The van der Waals surface area contributed by atoms with E-state index >= 15 is 0 Å². The molecule has 88 valence electrons. The van der Waals surface area contributed by atoms with Gasteiger partial charge in [-0.3, -0.25) is 0 Å². The fourth-order valence-corrected chi connectivity index (χ4v) is 4.03. The minimum absolute atomic E-state index is 0.329. The average molecular weight is 238 g/mol. The number of sulfone groups is 1. The van der Waals surface area contributed by atoms with Gasteiger partial charge < -0.3 is 0 Å². The van der Waals surface area contributed by atoms with E-state index in [-0.39, 0.29) is 0 Å². The predicted molar refractivity (Wildman–Crippen MR) is 65.2 cm³/mol. The van der Waals surface area contributed by atoms with Crippen LogP contribution in [0.4, 0.5) is 0 Å². The third-order valence-electron chi connectivity index (χ3n) is 3.31. The molecule has 0 aromatic heterocycles. The van der Waals surface area contributed by atoms with Crippen LogP contribution in [-0.2, 0) is 9.84 Å². The second kappa shape index (κ2) is 4.58. The Hall–Kier alpha value is -0.830. The molecule has 1 aliphatic rings. The fraction of sp³-hybridized carbons (Fsp3) is 0.538. The summed E-state index contributed by atoms with van der Waals surface area (Å²) in [7, 11) is -3.06. The minimum Gasteiger partial charge on any atom is -0.224 e. The van der Waals surface area contributed by atoms with Crippen LogP contribution in [0.2, 0.25) is 0 Å². The van der Waals surface area contributed by atoms with Gasteiger partial charge in [-0.25, -0.2) is 8.42 Å². The third kappa shape index (κ3) is 2.64. The summed E-state index contributed by atoms with van der Waals surface area (Å²) in [6, 6.07) is 7.17. The molecule has 0 heterocycles. The van der Waals surface area contributed by atoms with E-state index in [1.807, 2.05) is 19.1 Å². The van der Waals surface area contributed by atoms with Crippen LogP contribution in [0.3, 0.4) is 0 Å². The van der Waals surface area contributed by atoms with E-state index in [0.717, 1.165) is 18.4 Å². The summed E-state index contributed by atoms with van der Waals surface area (Å²) in [5.41, 5.74) is 1.10. The Morgan fingerprint density at radius 2 is 1.69 bits per heavy atom. The monoisotopic (exact) mass is 238 g/mol. The molecule has 2 nitrogen and oxygen atoms in total. The number of rotatable bonds is 3. The lowest BCUT2D eigenvalue weighted by Crippen LogP contribution is -2.13. The Labute approximate surface area is 97.6 Å². The molecular weight excluding hydrogens is 220 g/mol. The summed E-state index contributed by atoms with van der Waals surface area (Å²) in [6.45, 7) is 1.97. The first-order valence-electron chi connectivity index (χ1n) is 5.87. The maximum Gasteiger partial charge on any atom is 0.178 e. The summed E-state index contributed by atoms with van der Waals surface area (Å²) >= 11 is 0. The molecule has 2 rings (SSSR count). The fourth-order valence-electron chi connectivity index (χ4n) is 2.33. The first-order valence-corrected chi connectivity index (χ1v) is 7.52. The predicted octanol–water partition coefficient (Wildman–Crippen LogP) is 2.96. The van der Waals surface area contributed by atoms with E-state index in [0.29, 0.717) is 16.6 Å². The molecule has 0 bridgehead atoms. The molecule has 1 aliphatic carbocycles. The Morgan fingerprint density at radius 3 is 2.25 bits per heavy atom. The molecule has 0 saturated heterocycles. The largest absolute Gasteiger partial charge is 0.224 e. The lowest BCUT2D eigenvalue weighted by molar-refractivity contribution is 0.559. The zero-order valence-corrected chi connectivity index (χ0v) is 10.5. The van der Waals surface area contributed by atoms with Gasteiger partial charge in [0, 0.05) is 0 Å². The lowest BCUT2D eigenvalue weighted by Gasteiger charge is -2.10. The van der Waals surface area contributed by atoms with Crippen LogP contribution >= 0.6 is 0 Å². The second-order valence-corrected chi connectivity index (χ2v) is 6.78. The van der Waals surface area contributed by atoms with Crippen molar-refractivity contribution in [3.05, 3.63) is 29.8 Å². The molecule has 1 aromatic rings. The van der Waals surface area contributed by atoms with Gasteiger partial charge in [-0.2, -0.15) is 0 Å². The van der Waals surface area contributed by atoms with E-state index in [4.69, 9.17) is 0 Å². The van der Waals surface area contributed by atoms with E-state index in [2.05, 4.69) is 0 Å². The van der Waals surface area contributed by atoms with E-state index in [1.165, 1.54) is 12.8 Å². The van der Waals surface area contributed by atoms with Crippen molar-refractivity contribution in [3.8, 4) is 0 Å². The third-order valence-corrected chi connectivity index (χ3v) is 5.21. The SMILES string of the molecule is Cc1ccc(S(=O)(=O)CC2CCCC2)cc1. The van der Waals surface area contributed by atoms with Gasteiger partial charge in [-0.15, -0.1) is 0 Å². The van der Waals surface area contributed by atoms with Crippen LogP contribution in [0.25, 0.3) is 0 Å². The topological polar surface area (TPSA) is 34.1 Å². The van der Waals surface area contributed by atoms with Crippen LogP contribution in [0.1, 0.15) is 31.2 Å². The molecule has 0 atom stereocenters. The highest BCUT2D eigenvalue weighted by Gasteiger charge is 2.23. The average Bonchev–Trinajstić information content (AvgIpc) is 2.70. The normalized spacial score (nSPS) is 17.8. The highest BCUT2D eigenvalue weighted by Crippen LogP contribution is 2.28.